The number of esters is 2. The summed E-state index contributed by atoms with van der Waals surface area (Å²) < 4.78 is 11.7. The van der Waals surface area contributed by atoms with Gasteiger partial charge in [0.15, 0.2) is 0 Å². The van der Waals surface area contributed by atoms with E-state index in [1.165, 1.54) is 0 Å². The first-order valence-electron chi connectivity index (χ1n) is 10.2. The van der Waals surface area contributed by atoms with Crippen LogP contribution in [0.15, 0.2) is 36.4 Å². The van der Waals surface area contributed by atoms with Crippen LogP contribution >= 0.6 is 11.6 Å². The third-order valence-electron chi connectivity index (χ3n) is 6.07. The lowest BCUT2D eigenvalue weighted by Gasteiger charge is -2.30. The van der Waals surface area contributed by atoms with E-state index in [-0.39, 0.29) is 17.3 Å². The Hall–Kier alpha value is -2.33. The van der Waals surface area contributed by atoms with E-state index in [2.05, 4.69) is 47.6 Å². The fraction of sp³-hybridized carbons (Fsp3) is 0.440. The number of fused-ring (bicyclic) bond motifs is 2. The molecule has 0 N–H and O–H groups in total. The van der Waals surface area contributed by atoms with Crippen molar-refractivity contribution in [3.63, 3.8) is 0 Å². The molecule has 2 atom stereocenters. The highest BCUT2D eigenvalue weighted by atomic mass is 35.5. The SMILES string of the molecule is CC(C)(C)c1cc(C(C)(C)C)c2c(c1)[C@@]1(OC(=O)C[C@H]1c1ccc(Cl)cc1)C(=O)O2. The smallest absolute Gasteiger partial charge is 0.361 e. The van der Waals surface area contributed by atoms with Crippen molar-refractivity contribution >= 4 is 23.5 Å². The first kappa shape index (κ1) is 20.9. The lowest BCUT2D eigenvalue weighted by molar-refractivity contribution is -0.166. The summed E-state index contributed by atoms with van der Waals surface area (Å²) in [7, 11) is 0. The van der Waals surface area contributed by atoms with Crippen LogP contribution in [0.4, 0.5) is 0 Å². The maximum atomic E-state index is 13.4. The molecule has 2 aromatic carbocycles. The molecule has 0 bridgehead atoms. The number of carbonyl (C=O) groups is 2. The van der Waals surface area contributed by atoms with Crippen molar-refractivity contribution in [1.82, 2.24) is 0 Å². The molecule has 2 heterocycles. The van der Waals surface area contributed by atoms with E-state index >= 15 is 0 Å². The quantitative estimate of drug-likeness (QED) is 0.428. The number of carbonyl (C=O) groups excluding carboxylic acids is 2. The van der Waals surface area contributed by atoms with Crippen LogP contribution in [0.3, 0.4) is 0 Å². The number of rotatable bonds is 1. The van der Waals surface area contributed by atoms with Gasteiger partial charge in [-0.2, -0.15) is 0 Å². The van der Waals surface area contributed by atoms with Gasteiger partial charge in [-0.3, -0.25) is 4.79 Å². The summed E-state index contributed by atoms with van der Waals surface area (Å²) in [4.78, 5) is 25.9. The molecule has 30 heavy (non-hydrogen) atoms. The topological polar surface area (TPSA) is 52.6 Å². The van der Waals surface area contributed by atoms with Crippen LogP contribution in [0, 0.1) is 0 Å². The molecule has 0 amide bonds. The molecular formula is C25H27ClO4. The van der Waals surface area contributed by atoms with Gasteiger partial charge in [-0.25, -0.2) is 4.79 Å². The molecule has 2 aromatic rings. The van der Waals surface area contributed by atoms with Gasteiger partial charge >= 0.3 is 11.9 Å². The second-order valence-electron chi connectivity index (χ2n) is 10.3. The lowest BCUT2D eigenvalue weighted by Crippen LogP contribution is -2.38. The van der Waals surface area contributed by atoms with E-state index in [0.717, 1.165) is 16.7 Å². The third-order valence-corrected chi connectivity index (χ3v) is 6.32. The van der Waals surface area contributed by atoms with Crippen molar-refractivity contribution in [3.05, 3.63) is 63.7 Å². The molecule has 1 spiro atoms. The minimum atomic E-state index is -1.47. The molecule has 0 saturated carbocycles. The van der Waals surface area contributed by atoms with Crippen molar-refractivity contribution in [2.24, 2.45) is 0 Å². The molecule has 158 valence electrons. The molecule has 4 nitrogen and oxygen atoms in total. The normalized spacial score (nSPS) is 23.5. The molecule has 1 fully saturated rings. The Kier molecular flexibility index (Phi) is 4.59. The van der Waals surface area contributed by atoms with Crippen molar-refractivity contribution in [2.45, 2.75) is 70.3 Å². The average Bonchev–Trinajstić information content (AvgIpc) is 3.11. The molecule has 2 aliphatic rings. The van der Waals surface area contributed by atoms with Gasteiger partial charge in [-0.05, 0) is 40.2 Å². The third kappa shape index (κ3) is 3.13. The summed E-state index contributed by atoms with van der Waals surface area (Å²) in [5.41, 5.74) is 1.61. The largest absolute Gasteiger partial charge is 0.441 e. The van der Waals surface area contributed by atoms with Crippen LogP contribution < -0.4 is 4.74 Å². The second-order valence-corrected chi connectivity index (χ2v) is 10.7. The van der Waals surface area contributed by atoms with Crippen LogP contribution in [0.1, 0.15) is 76.1 Å². The maximum absolute atomic E-state index is 13.4. The van der Waals surface area contributed by atoms with Crippen LogP contribution in [0.5, 0.6) is 5.75 Å². The van der Waals surface area contributed by atoms with Gasteiger partial charge in [0, 0.05) is 16.5 Å². The highest BCUT2D eigenvalue weighted by Crippen LogP contribution is 2.57. The Balaban J connectivity index is 2.00. The first-order valence-corrected chi connectivity index (χ1v) is 10.6. The minimum absolute atomic E-state index is 0.112. The summed E-state index contributed by atoms with van der Waals surface area (Å²) in [5, 5.41) is 0.595. The number of benzene rings is 2. The average molecular weight is 427 g/mol. The van der Waals surface area contributed by atoms with Crippen LogP contribution in [-0.2, 0) is 30.8 Å². The van der Waals surface area contributed by atoms with Gasteiger partial charge in [0.2, 0.25) is 5.60 Å². The monoisotopic (exact) mass is 426 g/mol. The maximum Gasteiger partial charge on any atom is 0.361 e. The van der Waals surface area contributed by atoms with Gasteiger partial charge in [-0.1, -0.05) is 71.3 Å². The standard InChI is InChI=1S/C25H27ClO4/c1-23(2,3)15-11-18(24(4,5)6)21-19(12-15)25(22(28)29-21)17(13-20(27)30-25)14-7-9-16(26)10-8-14/h7-12,17H,13H2,1-6H3/t17-,25+/m0/s1. The fourth-order valence-corrected chi connectivity index (χ4v) is 4.49. The van der Waals surface area contributed by atoms with Crippen molar-refractivity contribution in [2.75, 3.05) is 0 Å². The number of hydrogen-bond donors (Lipinski definition) is 0. The van der Waals surface area contributed by atoms with Gasteiger partial charge in [0.1, 0.15) is 5.75 Å². The summed E-state index contributed by atoms with van der Waals surface area (Å²) in [5.74, 6) is -0.883. The Morgan fingerprint density at radius 2 is 1.60 bits per heavy atom. The molecule has 0 unspecified atom stereocenters. The zero-order valence-corrected chi connectivity index (χ0v) is 19.0. The Morgan fingerprint density at radius 1 is 0.967 bits per heavy atom. The number of halogens is 1. The van der Waals surface area contributed by atoms with E-state index in [1.807, 2.05) is 18.2 Å². The van der Waals surface area contributed by atoms with Crippen LogP contribution in [0.2, 0.25) is 5.02 Å². The fourth-order valence-electron chi connectivity index (χ4n) is 4.36. The summed E-state index contributed by atoms with van der Waals surface area (Å²) in [6.45, 7) is 12.6. The Bertz CT molecular complexity index is 1040. The predicted molar refractivity (Wildman–Crippen MR) is 116 cm³/mol. The van der Waals surface area contributed by atoms with E-state index in [4.69, 9.17) is 21.1 Å². The molecule has 1 saturated heterocycles. The van der Waals surface area contributed by atoms with Gasteiger partial charge < -0.3 is 9.47 Å². The summed E-state index contributed by atoms with van der Waals surface area (Å²) in [6.07, 6.45) is 0.112. The van der Waals surface area contributed by atoms with Crippen LogP contribution in [0.25, 0.3) is 0 Å². The molecule has 0 aromatic heterocycles. The highest BCUT2D eigenvalue weighted by Gasteiger charge is 2.63. The zero-order chi connectivity index (χ0) is 22.1. The first-order chi connectivity index (χ1) is 13.8. The van der Waals surface area contributed by atoms with Gasteiger partial charge in [0.05, 0.1) is 12.0 Å². The molecule has 5 heteroatoms. The summed E-state index contributed by atoms with van der Waals surface area (Å²) in [6, 6.07) is 11.3. The van der Waals surface area contributed by atoms with E-state index in [9.17, 15) is 9.59 Å². The zero-order valence-electron chi connectivity index (χ0n) is 18.3. The highest BCUT2D eigenvalue weighted by molar-refractivity contribution is 6.30. The summed E-state index contributed by atoms with van der Waals surface area (Å²) >= 11 is 6.06. The molecule has 0 aliphatic carbocycles. The number of ether oxygens (including phenoxy) is 2. The second kappa shape index (κ2) is 6.58. The number of hydrogen-bond acceptors (Lipinski definition) is 4. The van der Waals surface area contributed by atoms with E-state index < -0.39 is 23.5 Å². The molecule has 2 aliphatic heterocycles. The molecular weight excluding hydrogens is 400 g/mol. The van der Waals surface area contributed by atoms with E-state index in [1.54, 1.807) is 12.1 Å². The molecule has 4 rings (SSSR count). The predicted octanol–water partition coefficient (Wildman–Crippen LogP) is 5.78. The molecule has 0 radical (unpaired) electrons. The van der Waals surface area contributed by atoms with Crippen molar-refractivity contribution < 1.29 is 19.1 Å². The lowest BCUT2D eigenvalue weighted by atomic mass is 9.73. The Labute approximate surface area is 182 Å². The van der Waals surface area contributed by atoms with Gasteiger partial charge in [-0.15, -0.1) is 0 Å². The van der Waals surface area contributed by atoms with Crippen LogP contribution in [-0.4, -0.2) is 11.9 Å². The van der Waals surface area contributed by atoms with Crippen molar-refractivity contribution in [1.29, 1.82) is 0 Å². The Morgan fingerprint density at radius 3 is 2.17 bits per heavy atom. The van der Waals surface area contributed by atoms with Gasteiger partial charge in [0.25, 0.3) is 0 Å². The minimum Gasteiger partial charge on any atom is -0.441 e. The van der Waals surface area contributed by atoms with Crippen molar-refractivity contribution in [3.8, 4) is 5.75 Å². The van der Waals surface area contributed by atoms with E-state index in [0.29, 0.717) is 16.3 Å².